The highest BCUT2D eigenvalue weighted by Crippen LogP contribution is 2.54. The molecular formula is C48H33N3S. The first-order valence-corrected chi connectivity index (χ1v) is 18.6. The van der Waals surface area contributed by atoms with E-state index in [0.717, 1.165) is 45.6 Å². The van der Waals surface area contributed by atoms with Crippen LogP contribution in [0.5, 0.6) is 0 Å². The van der Waals surface area contributed by atoms with Gasteiger partial charge in [-0.2, -0.15) is 0 Å². The van der Waals surface area contributed by atoms with Gasteiger partial charge in [0, 0.05) is 36.9 Å². The van der Waals surface area contributed by atoms with Crippen LogP contribution in [0.15, 0.2) is 152 Å². The summed E-state index contributed by atoms with van der Waals surface area (Å²) in [5.74, 6) is 0. The smallest absolute Gasteiger partial charge is 0.106 e. The lowest BCUT2D eigenvalue weighted by molar-refractivity contribution is 0.878. The first kappa shape index (κ1) is 30.6. The van der Waals surface area contributed by atoms with Crippen LogP contribution in [0.3, 0.4) is 0 Å². The zero-order valence-electron chi connectivity index (χ0n) is 28.9. The van der Waals surface area contributed by atoms with Crippen molar-refractivity contribution in [3.8, 4) is 67.0 Å². The zero-order valence-corrected chi connectivity index (χ0v) is 29.7. The van der Waals surface area contributed by atoms with Gasteiger partial charge in [-0.25, -0.2) is 0 Å². The zero-order chi connectivity index (χ0) is 34.8. The first-order valence-electron chi connectivity index (χ1n) is 17.8. The molecule has 0 unspecified atom stereocenters. The summed E-state index contributed by atoms with van der Waals surface area (Å²) in [6, 6.07) is 54.3. The normalized spacial score (nSPS) is 12.0. The van der Waals surface area contributed by atoms with Gasteiger partial charge in [0.15, 0.2) is 0 Å². The molecule has 246 valence electrons. The lowest BCUT2D eigenvalue weighted by Gasteiger charge is -2.24. The van der Waals surface area contributed by atoms with Gasteiger partial charge in [0.25, 0.3) is 0 Å². The van der Waals surface area contributed by atoms with Crippen LogP contribution in [0.25, 0.3) is 87.2 Å². The number of aromatic nitrogens is 3. The Hall–Kier alpha value is -6.23. The molecule has 4 heteroatoms. The lowest BCUT2D eigenvalue weighted by atomic mass is 9.80. The van der Waals surface area contributed by atoms with Gasteiger partial charge in [-0.05, 0) is 98.8 Å². The summed E-state index contributed by atoms with van der Waals surface area (Å²) in [5.41, 5.74) is 18.6. The van der Waals surface area contributed by atoms with Gasteiger partial charge in [-0.1, -0.05) is 140 Å². The second kappa shape index (κ2) is 12.2. The van der Waals surface area contributed by atoms with Gasteiger partial charge < -0.3 is 0 Å². The second-order valence-corrected chi connectivity index (χ2v) is 14.7. The van der Waals surface area contributed by atoms with Crippen LogP contribution in [0.1, 0.15) is 22.3 Å². The number of hydrogen-bond acceptors (Lipinski definition) is 4. The summed E-state index contributed by atoms with van der Waals surface area (Å²) >= 11 is 1.83. The molecule has 0 fully saturated rings. The van der Waals surface area contributed by atoms with Crippen molar-refractivity contribution < 1.29 is 0 Å². The van der Waals surface area contributed by atoms with Crippen LogP contribution in [-0.4, -0.2) is 15.4 Å². The van der Waals surface area contributed by atoms with E-state index in [1.54, 1.807) is 0 Å². The Labute approximate surface area is 306 Å². The van der Waals surface area contributed by atoms with E-state index in [9.17, 15) is 0 Å². The predicted octanol–water partition coefficient (Wildman–Crippen LogP) is 12.8. The molecular weight excluding hydrogens is 651 g/mol. The van der Waals surface area contributed by atoms with E-state index in [0.29, 0.717) is 0 Å². The number of rotatable bonds is 5. The molecule has 0 radical (unpaired) electrons. The summed E-state index contributed by atoms with van der Waals surface area (Å²) in [5, 5.41) is 17.0. The van der Waals surface area contributed by atoms with Crippen LogP contribution >= 0.6 is 11.3 Å². The third-order valence-corrected chi connectivity index (χ3v) is 11.9. The van der Waals surface area contributed by atoms with Gasteiger partial charge in [-0.3, -0.25) is 0 Å². The molecule has 9 aromatic rings. The average Bonchev–Trinajstić information content (AvgIpc) is 3.78. The molecule has 7 aromatic carbocycles. The highest BCUT2D eigenvalue weighted by atomic mass is 32.1. The Morgan fingerprint density at radius 3 is 1.83 bits per heavy atom. The van der Waals surface area contributed by atoms with Crippen LogP contribution in [0.2, 0.25) is 0 Å². The Balaban J connectivity index is 1.40. The van der Waals surface area contributed by atoms with Gasteiger partial charge in [0.1, 0.15) is 11.4 Å². The Morgan fingerprint density at radius 2 is 1.06 bits per heavy atom. The van der Waals surface area contributed by atoms with Crippen molar-refractivity contribution in [3.63, 3.8) is 0 Å². The Morgan fingerprint density at radius 1 is 0.442 bits per heavy atom. The minimum absolute atomic E-state index is 0.828. The van der Waals surface area contributed by atoms with Gasteiger partial charge in [0.05, 0.1) is 0 Å². The quantitative estimate of drug-likeness (QED) is 0.181. The minimum atomic E-state index is 0.828. The van der Waals surface area contributed by atoms with Crippen LogP contribution in [0, 0.1) is 13.8 Å². The fourth-order valence-electron chi connectivity index (χ4n) is 8.41. The van der Waals surface area contributed by atoms with Gasteiger partial charge in [0.2, 0.25) is 0 Å². The lowest BCUT2D eigenvalue weighted by Crippen LogP contribution is -2.06. The van der Waals surface area contributed by atoms with Crippen molar-refractivity contribution in [1.82, 2.24) is 15.4 Å². The van der Waals surface area contributed by atoms with Crippen molar-refractivity contribution in [2.24, 2.45) is 0 Å². The summed E-state index contributed by atoms with van der Waals surface area (Å²) in [7, 11) is 0. The summed E-state index contributed by atoms with van der Waals surface area (Å²) in [6.07, 6.45) is 0.828. The minimum Gasteiger partial charge on any atom is -0.135 e. The van der Waals surface area contributed by atoms with E-state index in [1.807, 2.05) is 11.3 Å². The maximum Gasteiger partial charge on any atom is 0.106 e. The van der Waals surface area contributed by atoms with E-state index in [-0.39, 0.29) is 0 Å². The average molecular weight is 684 g/mol. The molecule has 1 aliphatic rings. The van der Waals surface area contributed by atoms with Crippen LogP contribution < -0.4 is 0 Å². The molecule has 1 aliphatic carbocycles. The van der Waals surface area contributed by atoms with Crippen LogP contribution in [-0.2, 0) is 6.42 Å². The molecule has 0 aliphatic heterocycles. The summed E-state index contributed by atoms with van der Waals surface area (Å²) in [4.78, 5) is 0. The number of benzene rings is 7. The number of thiophene rings is 1. The van der Waals surface area contributed by atoms with Crippen LogP contribution in [0.4, 0.5) is 0 Å². The molecule has 0 saturated carbocycles. The van der Waals surface area contributed by atoms with E-state index in [1.165, 1.54) is 70.2 Å². The van der Waals surface area contributed by atoms with Crippen molar-refractivity contribution >= 4 is 31.5 Å². The third kappa shape index (κ3) is 4.68. The Kier molecular flexibility index (Phi) is 7.19. The molecule has 0 N–H and O–H groups in total. The standard InChI is InChI=1S/C48H33N3S/c1-29-30(2)42(38-28-34-22-12-13-23-35(34)43(38)41(29)32-18-8-4-9-19-32)46-47(33-20-10-5-11-21-33)49-51-50-48(46)45-36(31-16-6-3-7-17-31)26-27-40-44(45)37-24-14-15-25-39(37)52-40/h3-27H,28H2,1-2H3. The first-order chi connectivity index (χ1) is 25.7. The van der Waals surface area contributed by atoms with E-state index < -0.39 is 0 Å². The van der Waals surface area contributed by atoms with E-state index >= 15 is 0 Å². The molecule has 2 heterocycles. The fourth-order valence-corrected chi connectivity index (χ4v) is 9.52. The maximum absolute atomic E-state index is 5.10. The molecule has 52 heavy (non-hydrogen) atoms. The third-order valence-electron chi connectivity index (χ3n) is 10.8. The largest absolute Gasteiger partial charge is 0.135 e. The van der Waals surface area contributed by atoms with Crippen molar-refractivity contribution in [2.75, 3.05) is 0 Å². The number of nitrogens with zero attached hydrogens (tertiary/aromatic N) is 3. The number of fused-ring (bicyclic) bond motifs is 6. The van der Waals surface area contributed by atoms with Gasteiger partial charge >= 0.3 is 0 Å². The van der Waals surface area contributed by atoms with E-state index in [4.69, 9.17) is 10.2 Å². The fraction of sp³-hybridized carbons (Fsp3) is 0.0625. The summed E-state index contributed by atoms with van der Waals surface area (Å²) < 4.78 is 2.48. The maximum atomic E-state index is 5.10. The topological polar surface area (TPSA) is 38.7 Å². The van der Waals surface area contributed by atoms with Crippen molar-refractivity contribution in [3.05, 3.63) is 174 Å². The van der Waals surface area contributed by atoms with Crippen molar-refractivity contribution in [1.29, 1.82) is 0 Å². The second-order valence-electron chi connectivity index (χ2n) is 13.6. The SMILES string of the molecule is Cc1c(C)c(-c2ccccc2)c2c(c1-c1c(-c3ccccc3)nnnc1-c1c(-c3ccccc3)ccc3sc4ccccc4c13)Cc1ccccc1-2. The number of hydrogen-bond donors (Lipinski definition) is 0. The Bertz CT molecular complexity index is 2820. The van der Waals surface area contributed by atoms with Crippen molar-refractivity contribution in [2.45, 2.75) is 20.3 Å². The molecule has 0 atom stereocenters. The molecule has 0 saturated heterocycles. The molecule has 2 aromatic heterocycles. The molecule has 0 amide bonds. The summed E-state index contributed by atoms with van der Waals surface area (Å²) in [6.45, 7) is 4.58. The van der Waals surface area contributed by atoms with E-state index in [2.05, 4.69) is 171 Å². The molecule has 0 bridgehead atoms. The predicted molar refractivity (Wildman–Crippen MR) is 218 cm³/mol. The van der Waals surface area contributed by atoms with Gasteiger partial charge in [-0.15, -0.1) is 21.5 Å². The molecule has 0 spiro atoms. The highest BCUT2D eigenvalue weighted by Gasteiger charge is 2.33. The monoisotopic (exact) mass is 683 g/mol. The molecule has 10 rings (SSSR count). The highest BCUT2D eigenvalue weighted by molar-refractivity contribution is 7.26. The molecule has 3 nitrogen and oxygen atoms in total.